The van der Waals surface area contributed by atoms with Gasteiger partial charge in [0.25, 0.3) is 0 Å². The number of amides is 1. The van der Waals surface area contributed by atoms with E-state index in [9.17, 15) is 4.79 Å². The minimum Gasteiger partial charge on any atom is -0.355 e. The van der Waals surface area contributed by atoms with Crippen LogP contribution in [0, 0.1) is 11.3 Å². The van der Waals surface area contributed by atoms with Crippen molar-refractivity contribution in [1.82, 2.24) is 5.32 Å². The summed E-state index contributed by atoms with van der Waals surface area (Å²) in [5, 5.41) is 2.78. The highest BCUT2D eigenvalue weighted by Crippen LogP contribution is 2.63. The first kappa shape index (κ1) is 9.00. The standard InChI is InChI=1S/C10H18N2O/c1-2-12-9(13)8(11)7-5-10(6-7)3-4-10/h7-8H,2-6,11H2,1H3,(H,12,13)/t8-/m1/s1. The summed E-state index contributed by atoms with van der Waals surface area (Å²) in [6.07, 6.45) is 5.10. The molecule has 74 valence electrons. The third-order valence-corrected chi connectivity index (χ3v) is 3.51. The minimum absolute atomic E-state index is 0.0306. The first-order valence-electron chi connectivity index (χ1n) is 5.20. The Balaban J connectivity index is 1.77. The van der Waals surface area contributed by atoms with Crippen molar-refractivity contribution in [2.75, 3.05) is 6.54 Å². The predicted octanol–water partition coefficient (Wildman–Crippen LogP) is 0.640. The molecule has 0 aromatic carbocycles. The van der Waals surface area contributed by atoms with Gasteiger partial charge in [-0.1, -0.05) is 0 Å². The van der Waals surface area contributed by atoms with Crippen molar-refractivity contribution in [1.29, 1.82) is 0 Å². The summed E-state index contributed by atoms with van der Waals surface area (Å²) < 4.78 is 0. The lowest BCUT2D eigenvalue weighted by atomic mass is 9.68. The molecule has 3 heteroatoms. The van der Waals surface area contributed by atoms with Crippen LogP contribution in [0.15, 0.2) is 0 Å². The molecule has 0 radical (unpaired) electrons. The van der Waals surface area contributed by atoms with Gasteiger partial charge in [-0.15, -0.1) is 0 Å². The molecule has 0 unspecified atom stereocenters. The molecule has 2 rings (SSSR count). The van der Waals surface area contributed by atoms with Crippen LogP contribution in [-0.2, 0) is 4.79 Å². The summed E-state index contributed by atoms with van der Waals surface area (Å²) in [5.41, 5.74) is 6.49. The summed E-state index contributed by atoms with van der Waals surface area (Å²) in [4.78, 5) is 11.4. The molecule has 2 aliphatic carbocycles. The number of carbonyl (C=O) groups excluding carboxylic acids is 1. The monoisotopic (exact) mass is 182 g/mol. The Morgan fingerprint density at radius 3 is 2.69 bits per heavy atom. The van der Waals surface area contributed by atoms with Crippen LogP contribution >= 0.6 is 0 Å². The number of carbonyl (C=O) groups is 1. The van der Waals surface area contributed by atoms with E-state index >= 15 is 0 Å². The molecule has 0 heterocycles. The summed E-state index contributed by atoms with van der Waals surface area (Å²) in [7, 11) is 0. The van der Waals surface area contributed by atoms with Crippen LogP contribution in [0.5, 0.6) is 0 Å². The van der Waals surface area contributed by atoms with E-state index in [2.05, 4.69) is 5.32 Å². The van der Waals surface area contributed by atoms with Crippen molar-refractivity contribution >= 4 is 5.91 Å². The van der Waals surface area contributed by atoms with Gasteiger partial charge in [-0.05, 0) is 43.9 Å². The summed E-state index contributed by atoms with van der Waals surface area (Å²) >= 11 is 0. The average molecular weight is 182 g/mol. The van der Waals surface area contributed by atoms with Crippen molar-refractivity contribution in [2.24, 2.45) is 17.1 Å². The molecule has 1 amide bonds. The number of likely N-dealkylation sites (N-methyl/N-ethyl adjacent to an activating group) is 1. The zero-order valence-electron chi connectivity index (χ0n) is 8.18. The first-order valence-corrected chi connectivity index (χ1v) is 5.20. The average Bonchev–Trinajstić information content (AvgIpc) is 2.80. The number of hydrogen-bond donors (Lipinski definition) is 2. The number of hydrogen-bond acceptors (Lipinski definition) is 2. The molecule has 1 atom stereocenters. The number of rotatable bonds is 3. The fourth-order valence-electron chi connectivity index (χ4n) is 2.40. The molecule has 0 aromatic rings. The zero-order valence-corrected chi connectivity index (χ0v) is 8.18. The van der Waals surface area contributed by atoms with E-state index < -0.39 is 0 Å². The van der Waals surface area contributed by atoms with Gasteiger partial charge >= 0.3 is 0 Å². The molecule has 2 saturated carbocycles. The highest BCUT2D eigenvalue weighted by atomic mass is 16.2. The van der Waals surface area contributed by atoms with Gasteiger partial charge in [0.1, 0.15) is 0 Å². The van der Waals surface area contributed by atoms with Crippen molar-refractivity contribution < 1.29 is 4.79 Å². The lowest BCUT2D eigenvalue weighted by Gasteiger charge is -2.38. The smallest absolute Gasteiger partial charge is 0.237 e. The van der Waals surface area contributed by atoms with Crippen molar-refractivity contribution in [3.63, 3.8) is 0 Å². The van der Waals surface area contributed by atoms with Gasteiger partial charge in [-0.2, -0.15) is 0 Å². The van der Waals surface area contributed by atoms with Gasteiger partial charge in [0.2, 0.25) is 5.91 Å². The molecule has 2 fully saturated rings. The first-order chi connectivity index (χ1) is 6.17. The van der Waals surface area contributed by atoms with Crippen molar-refractivity contribution in [3.8, 4) is 0 Å². The minimum atomic E-state index is -0.258. The molecule has 2 aliphatic rings. The zero-order chi connectivity index (χ0) is 9.47. The SMILES string of the molecule is CCNC(=O)[C@H](N)C1CC2(CC2)C1. The van der Waals surface area contributed by atoms with Gasteiger partial charge in [-0.3, -0.25) is 4.79 Å². The molecular formula is C10H18N2O. The lowest BCUT2D eigenvalue weighted by molar-refractivity contribution is -0.124. The largest absolute Gasteiger partial charge is 0.355 e. The number of nitrogens with two attached hydrogens (primary N) is 1. The van der Waals surface area contributed by atoms with E-state index in [-0.39, 0.29) is 11.9 Å². The maximum absolute atomic E-state index is 11.4. The summed E-state index contributed by atoms with van der Waals surface area (Å²) in [6, 6.07) is -0.258. The van der Waals surface area contributed by atoms with Gasteiger partial charge in [0.05, 0.1) is 6.04 Å². The summed E-state index contributed by atoms with van der Waals surface area (Å²) in [6.45, 7) is 2.61. The second kappa shape index (κ2) is 2.98. The Hall–Kier alpha value is -0.570. The van der Waals surface area contributed by atoms with Crippen LogP contribution in [0.25, 0.3) is 0 Å². The molecule has 3 nitrogen and oxygen atoms in total. The quantitative estimate of drug-likeness (QED) is 0.673. The highest BCUT2D eigenvalue weighted by Gasteiger charge is 2.54. The van der Waals surface area contributed by atoms with Crippen LogP contribution in [0.2, 0.25) is 0 Å². The lowest BCUT2D eigenvalue weighted by Crippen LogP contribution is -2.50. The molecule has 13 heavy (non-hydrogen) atoms. The van der Waals surface area contributed by atoms with Crippen LogP contribution in [0.4, 0.5) is 0 Å². The van der Waals surface area contributed by atoms with E-state index in [4.69, 9.17) is 5.73 Å². The summed E-state index contributed by atoms with van der Waals surface area (Å²) in [5.74, 6) is 0.483. The third kappa shape index (κ3) is 1.57. The second-order valence-corrected chi connectivity index (χ2v) is 4.59. The molecule has 0 aliphatic heterocycles. The van der Waals surface area contributed by atoms with Gasteiger partial charge in [0, 0.05) is 6.54 Å². The van der Waals surface area contributed by atoms with E-state index in [0.717, 1.165) is 0 Å². The molecule has 1 spiro atoms. The Kier molecular flexibility index (Phi) is 2.06. The predicted molar refractivity (Wildman–Crippen MR) is 51.1 cm³/mol. The fraction of sp³-hybridized carbons (Fsp3) is 0.900. The molecule has 0 aromatic heterocycles. The number of nitrogens with one attached hydrogen (secondary N) is 1. The topological polar surface area (TPSA) is 55.1 Å². The van der Waals surface area contributed by atoms with E-state index in [0.29, 0.717) is 17.9 Å². The normalized spacial score (nSPS) is 26.6. The Labute approximate surface area is 79.1 Å². The van der Waals surface area contributed by atoms with Gasteiger partial charge in [0.15, 0.2) is 0 Å². The maximum atomic E-state index is 11.4. The molecule has 0 saturated heterocycles. The fourth-order valence-corrected chi connectivity index (χ4v) is 2.40. The Morgan fingerprint density at radius 2 is 2.23 bits per heavy atom. The maximum Gasteiger partial charge on any atom is 0.237 e. The van der Waals surface area contributed by atoms with Gasteiger partial charge < -0.3 is 11.1 Å². The Bertz CT molecular complexity index is 215. The van der Waals surface area contributed by atoms with Crippen LogP contribution in [0.1, 0.15) is 32.6 Å². The van der Waals surface area contributed by atoms with Crippen LogP contribution in [0.3, 0.4) is 0 Å². The molecule has 3 N–H and O–H groups in total. The molecular weight excluding hydrogens is 164 g/mol. The van der Waals surface area contributed by atoms with Gasteiger partial charge in [-0.25, -0.2) is 0 Å². The van der Waals surface area contributed by atoms with E-state index in [1.54, 1.807) is 0 Å². The third-order valence-electron chi connectivity index (χ3n) is 3.51. The van der Waals surface area contributed by atoms with E-state index in [1.807, 2.05) is 6.92 Å². The second-order valence-electron chi connectivity index (χ2n) is 4.59. The van der Waals surface area contributed by atoms with Crippen LogP contribution < -0.4 is 11.1 Å². The Morgan fingerprint density at radius 1 is 1.62 bits per heavy atom. The molecule has 0 bridgehead atoms. The van der Waals surface area contributed by atoms with Crippen LogP contribution in [-0.4, -0.2) is 18.5 Å². The highest BCUT2D eigenvalue weighted by molar-refractivity contribution is 5.81. The van der Waals surface area contributed by atoms with Crippen molar-refractivity contribution in [3.05, 3.63) is 0 Å². The van der Waals surface area contributed by atoms with E-state index in [1.165, 1.54) is 25.7 Å². The van der Waals surface area contributed by atoms with Crippen molar-refractivity contribution in [2.45, 2.75) is 38.6 Å².